The average molecular weight is 350 g/mol. The number of aromatic amines is 1. The first-order valence-corrected chi connectivity index (χ1v) is 9.38. The van der Waals surface area contributed by atoms with Gasteiger partial charge in [-0.3, -0.25) is 9.78 Å². The van der Waals surface area contributed by atoms with Crippen molar-refractivity contribution in [1.29, 1.82) is 0 Å². The van der Waals surface area contributed by atoms with E-state index in [9.17, 15) is 4.79 Å². The zero-order chi connectivity index (χ0) is 17.1. The lowest BCUT2D eigenvalue weighted by Crippen LogP contribution is -2.32. The van der Waals surface area contributed by atoms with Gasteiger partial charge in [-0.05, 0) is 30.3 Å². The van der Waals surface area contributed by atoms with Crippen molar-refractivity contribution < 1.29 is 4.79 Å². The van der Waals surface area contributed by atoms with Gasteiger partial charge >= 0.3 is 0 Å². The zero-order valence-corrected chi connectivity index (χ0v) is 14.5. The van der Waals surface area contributed by atoms with Crippen molar-refractivity contribution in [3.63, 3.8) is 0 Å². The Labute approximate surface area is 150 Å². The number of carbonyl (C=O) groups excluding carboxylic acids is 1. The first-order chi connectivity index (χ1) is 12.3. The van der Waals surface area contributed by atoms with Crippen molar-refractivity contribution >= 4 is 23.9 Å². The second-order valence-electron chi connectivity index (χ2n) is 5.90. The van der Waals surface area contributed by atoms with Gasteiger partial charge < -0.3 is 9.88 Å². The van der Waals surface area contributed by atoms with Crippen LogP contribution in [0, 0.1) is 0 Å². The molecular formula is C19H18N4OS. The number of aromatic nitrogens is 3. The van der Waals surface area contributed by atoms with Crippen LogP contribution < -0.4 is 4.90 Å². The third-order valence-electron chi connectivity index (χ3n) is 4.29. The van der Waals surface area contributed by atoms with Crippen LogP contribution in [-0.2, 0) is 0 Å². The van der Waals surface area contributed by atoms with Gasteiger partial charge in [0.25, 0.3) is 0 Å². The highest BCUT2D eigenvalue weighted by molar-refractivity contribution is 7.99. The summed E-state index contributed by atoms with van der Waals surface area (Å²) in [6.07, 6.45) is 6.20. The third kappa shape index (κ3) is 3.44. The lowest BCUT2D eigenvalue weighted by molar-refractivity contribution is 0.112. The van der Waals surface area contributed by atoms with Crippen LogP contribution in [0.3, 0.4) is 0 Å². The number of anilines is 1. The molecule has 1 saturated heterocycles. The fourth-order valence-electron chi connectivity index (χ4n) is 2.92. The maximum atomic E-state index is 10.9. The summed E-state index contributed by atoms with van der Waals surface area (Å²) >= 11 is 1.99. The minimum Gasteiger partial charge on any atom is -0.360 e. The second-order valence-corrected chi connectivity index (χ2v) is 7.12. The predicted octanol–water partition coefficient (Wildman–Crippen LogP) is 3.50. The number of H-pyrrole nitrogens is 1. The minimum atomic E-state index is 0.638. The quantitative estimate of drug-likeness (QED) is 0.730. The predicted molar refractivity (Wildman–Crippen MR) is 102 cm³/mol. The van der Waals surface area contributed by atoms with E-state index in [4.69, 9.17) is 0 Å². The summed E-state index contributed by atoms with van der Waals surface area (Å²) in [5, 5.41) is 0. The summed E-state index contributed by atoms with van der Waals surface area (Å²) in [4.78, 5) is 25.4. The Kier molecular flexibility index (Phi) is 4.52. The number of pyridine rings is 2. The summed E-state index contributed by atoms with van der Waals surface area (Å²) < 4.78 is 0. The van der Waals surface area contributed by atoms with Crippen LogP contribution in [0.1, 0.15) is 10.4 Å². The first kappa shape index (κ1) is 15.9. The molecule has 3 aromatic rings. The van der Waals surface area contributed by atoms with Crippen LogP contribution in [-0.4, -0.2) is 45.8 Å². The largest absolute Gasteiger partial charge is 0.360 e. The fourth-order valence-corrected chi connectivity index (χ4v) is 3.82. The zero-order valence-electron chi connectivity index (χ0n) is 13.7. The van der Waals surface area contributed by atoms with Gasteiger partial charge in [0.1, 0.15) is 5.82 Å². The fraction of sp³-hybridized carbons (Fsp3) is 0.211. The molecule has 4 heterocycles. The van der Waals surface area contributed by atoms with E-state index in [0.717, 1.165) is 59.2 Å². The summed E-state index contributed by atoms with van der Waals surface area (Å²) in [5.74, 6) is 3.35. The average Bonchev–Trinajstić information content (AvgIpc) is 3.18. The number of aldehydes is 1. The SMILES string of the molecule is O=Cc1c[nH]c(-c2ccnc(-c3ccc(N4CCSCC4)nc3)c2)c1. The van der Waals surface area contributed by atoms with E-state index < -0.39 is 0 Å². The molecule has 0 unspecified atom stereocenters. The van der Waals surface area contributed by atoms with Crippen molar-refractivity contribution in [1.82, 2.24) is 15.0 Å². The van der Waals surface area contributed by atoms with E-state index in [1.54, 1.807) is 12.4 Å². The maximum Gasteiger partial charge on any atom is 0.151 e. The molecule has 1 fully saturated rings. The summed E-state index contributed by atoms with van der Waals surface area (Å²) in [7, 11) is 0. The molecule has 0 atom stereocenters. The van der Waals surface area contributed by atoms with E-state index in [0.29, 0.717) is 5.56 Å². The molecule has 1 aliphatic heterocycles. The number of rotatable bonds is 4. The van der Waals surface area contributed by atoms with E-state index >= 15 is 0 Å². The molecule has 0 bridgehead atoms. The Balaban J connectivity index is 1.59. The summed E-state index contributed by atoms with van der Waals surface area (Å²) in [6, 6.07) is 9.91. The van der Waals surface area contributed by atoms with Crippen LogP contribution >= 0.6 is 11.8 Å². The molecule has 0 aliphatic carbocycles. The molecule has 126 valence electrons. The van der Waals surface area contributed by atoms with Crippen molar-refractivity contribution in [3.8, 4) is 22.5 Å². The van der Waals surface area contributed by atoms with E-state index in [1.807, 2.05) is 36.2 Å². The normalized spacial score (nSPS) is 14.5. The van der Waals surface area contributed by atoms with Gasteiger partial charge in [0, 0.05) is 65.6 Å². The highest BCUT2D eigenvalue weighted by Crippen LogP contribution is 2.25. The molecule has 0 radical (unpaired) electrons. The van der Waals surface area contributed by atoms with Gasteiger partial charge in [-0.2, -0.15) is 11.8 Å². The number of nitrogens with one attached hydrogen (secondary N) is 1. The maximum absolute atomic E-state index is 10.9. The van der Waals surface area contributed by atoms with Gasteiger partial charge in [-0.25, -0.2) is 4.98 Å². The highest BCUT2D eigenvalue weighted by atomic mass is 32.2. The standard InChI is InChI=1S/C19H18N4OS/c24-13-14-9-17(21-11-14)15-3-4-20-18(10-15)16-1-2-19(22-12-16)23-5-7-25-8-6-23/h1-4,9-13,21H,5-8H2. The number of carbonyl (C=O) groups is 1. The molecule has 0 saturated carbocycles. The smallest absolute Gasteiger partial charge is 0.151 e. The topological polar surface area (TPSA) is 61.9 Å². The van der Waals surface area contributed by atoms with Crippen molar-refractivity contribution in [2.45, 2.75) is 0 Å². The molecule has 0 spiro atoms. The Bertz CT molecular complexity index is 869. The Morgan fingerprint density at radius 1 is 1.08 bits per heavy atom. The summed E-state index contributed by atoms with van der Waals surface area (Å²) in [6.45, 7) is 2.10. The van der Waals surface area contributed by atoms with Crippen molar-refractivity contribution in [2.24, 2.45) is 0 Å². The molecule has 0 aromatic carbocycles. The molecule has 0 amide bonds. The highest BCUT2D eigenvalue weighted by Gasteiger charge is 2.12. The number of hydrogen-bond acceptors (Lipinski definition) is 5. The lowest BCUT2D eigenvalue weighted by Gasteiger charge is -2.27. The summed E-state index contributed by atoms with van der Waals surface area (Å²) in [5.41, 5.74) is 4.39. The first-order valence-electron chi connectivity index (χ1n) is 8.22. The van der Waals surface area contributed by atoms with Gasteiger partial charge in [0.05, 0.1) is 5.69 Å². The molecule has 6 heteroatoms. The van der Waals surface area contributed by atoms with Crippen LogP contribution in [0.5, 0.6) is 0 Å². The minimum absolute atomic E-state index is 0.638. The second kappa shape index (κ2) is 7.11. The Morgan fingerprint density at radius 2 is 1.96 bits per heavy atom. The van der Waals surface area contributed by atoms with Gasteiger partial charge in [0.15, 0.2) is 6.29 Å². The van der Waals surface area contributed by atoms with E-state index in [2.05, 4.69) is 32.0 Å². The molecule has 4 rings (SSSR count). The Hall–Kier alpha value is -2.60. The molecule has 3 aromatic heterocycles. The van der Waals surface area contributed by atoms with Crippen LogP contribution in [0.25, 0.3) is 22.5 Å². The van der Waals surface area contributed by atoms with Gasteiger partial charge in [-0.15, -0.1) is 0 Å². The molecule has 25 heavy (non-hydrogen) atoms. The van der Waals surface area contributed by atoms with Crippen LogP contribution in [0.4, 0.5) is 5.82 Å². The van der Waals surface area contributed by atoms with Crippen molar-refractivity contribution in [3.05, 3.63) is 54.5 Å². The van der Waals surface area contributed by atoms with Crippen LogP contribution in [0.2, 0.25) is 0 Å². The Morgan fingerprint density at radius 3 is 2.68 bits per heavy atom. The van der Waals surface area contributed by atoms with Crippen LogP contribution in [0.15, 0.2) is 48.9 Å². The van der Waals surface area contributed by atoms with Crippen molar-refractivity contribution in [2.75, 3.05) is 29.5 Å². The van der Waals surface area contributed by atoms with Gasteiger partial charge in [-0.1, -0.05) is 0 Å². The van der Waals surface area contributed by atoms with E-state index in [-0.39, 0.29) is 0 Å². The number of nitrogens with zero attached hydrogens (tertiary/aromatic N) is 3. The molecule has 1 N–H and O–H groups in total. The molecular weight excluding hydrogens is 332 g/mol. The number of thioether (sulfide) groups is 1. The third-order valence-corrected chi connectivity index (χ3v) is 5.23. The van der Waals surface area contributed by atoms with E-state index in [1.165, 1.54) is 0 Å². The monoisotopic (exact) mass is 350 g/mol. The van der Waals surface area contributed by atoms with Gasteiger partial charge in [0.2, 0.25) is 0 Å². The molecule has 5 nitrogen and oxygen atoms in total. The number of hydrogen-bond donors (Lipinski definition) is 1. The molecule has 1 aliphatic rings. The lowest BCUT2D eigenvalue weighted by atomic mass is 10.1.